The molecule has 1 fully saturated rings. The molecule has 5 heteroatoms. The Hall–Kier alpha value is -1.85. The Kier molecular flexibility index (Phi) is 2.57. The Balaban J connectivity index is 1.87. The molecular weight excluding hydrogens is 232 g/mol. The smallest absolute Gasteiger partial charge is 0.254 e. The lowest BCUT2D eigenvalue weighted by Crippen LogP contribution is -2.29. The second kappa shape index (κ2) is 4.12. The second-order valence-corrected chi connectivity index (χ2v) is 4.62. The molecule has 0 bridgehead atoms. The first-order valence-electron chi connectivity index (χ1n) is 5.88. The van der Waals surface area contributed by atoms with Gasteiger partial charge in [-0.15, -0.1) is 0 Å². The van der Waals surface area contributed by atoms with E-state index in [1.165, 1.54) is 4.90 Å². The lowest BCUT2D eigenvalue weighted by Gasteiger charge is -2.15. The Morgan fingerprint density at radius 3 is 2.67 bits per heavy atom. The van der Waals surface area contributed by atoms with Crippen molar-refractivity contribution in [1.82, 2.24) is 9.88 Å². The molecule has 3 rings (SSSR count). The van der Waals surface area contributed by atoms with Crippen LogP contribution in [0, 0.1) is 0 Å². The zero-order valence-corrected chi connectivity index (χ0v) is 9.71. The van der Waals surface area contributed by atoms with Gasteiger partial charge in [0.2, 0.25) is 0 Å². The van der Waals surface area contributed by atoms with Crippen LogP contribution in [0.1, 0.15) is 10.4 Å². The van der Waals surface area contributed by atoms with Gasteiger partial charge in [0, 0.05) is 35.8 Å². The SMILES string of the molecule is O=C(c1ccc2[nH]ccc2c1)N1C[C@@H](O)[C@@H](O)C1. The topological polar surface area (TPSA) is 76.6 Å². The van der Waals surface area contributed by atoms with Crippen LogP contribution in [0.3, 0.4) is 0 Å². The fourth-order valence-electron chi connectivity index (χ4n) is 2.30. The molecule has 0 saturated carbocycles. The van der Waals surface area contributed by atoms with Gasteiger partial charge in [-0.25, -0.2) is 0 Å². The molecule has 2 atom stereocenters. The molecule has 1 amide bonds. The molecule has 94 valence electrons. The predicted octanol–water partition coefficient (Wildman–Crippen LogP) is 0.346. The maximum absolute atomic E-state index is 12.2. The van der Waals surface area contributed by atoms with Crippen LogP contribution in [-0.4, -0.2) is 51.3 Å². The monoisotopic (exact) mass is 246 g/mol. The predicted molar refractivity (Wildman–Crippen MR) is 66.2 cm³/mol. The molecule has 1 aliphatic rings. The van der Waals surface area contributed by atoms with Gasteiger partial charge in [0.05, 0.1) is 12.2 Å². The largest absolute Gasteiger partial charge is 0.388 e. The molecule has 0 radical (unpaired) electrons. The van der Waals surface area contributed by atoms with Crippen LogP contribution in [0.2, 0.25) is 0 Å². The minimum Gasteiger partial charge on any atom is -0.388 e. The molecule has 3 N–H and O–H groups in total. The molecule has 1 saturated heterocycles. The van der Waals surface area contributed by atoms with Crippen molar-refractivity contribution in [3.05, 3.63) is 36.0 Å². The van der Waals surface area contributed by atoms with Gasteiger partial charge >= 0.3 is 0 Å². The number of aliphatic hydroxyl groups excluding tert-OH is 2. The summed E-state index contributed by atoms with van der Waals surface area (Å²) in [6.45, 7) is 0.371. The van der Waals surface area contributed by atoms with Crippen molar-refractivity contribution in [3.8, 4) is 0 Å². The first-order chi connectivity index (χ1) is 8.65. The summed E-state index contributed by atoms with van der Waals surface area (Å²) in [5, 5.41) is 19.9. The van der Waals surface area contributed by atoms with Gasteiger partial charge in [0.1, 0.15) is 0 Å². The molecule has 5 nitrogen and oxygen atoms in total. The number of fused-ring (bicyclic) bond motifs is 1. The van der Waals surface area contributed by atoms with E-state index in [9.17, 15) is 15.0 Å². The number of aliphatic hydroxyl groups is 2. The van der Waals surface area contributed by atoms with Crippen LogP contribution in [-0.2, 0) is 0 Å². The molecule has 0 spiro atoms. The van der Waals surface area contributed by atoms with Gasteiger partial charge in [0.25, 0.3) is 5.91 Å². The standard InChI is InChI=1S/C13H14N2O3/c16-11-6-15(7-12(11)17)13(18)9-1-2-10-8(5-9)3-4-14-10/h1-5,11-12,14,16-17H,6-7H2/t11-,12+. The molecule has 2 aromatic rings. The summed E-state index contributed by atoms with van der Waals surface area (Å²) in [6.07, 6.45) is 0.136. The summed E-state index contributed by atoms with van der Waals surface area (Å²) in [6, 6.07) is 7.31. The maximum Gasteiger partial charge on any atom is 0.254 e. The van der Waals surface area contributed by atoms with Crippen LogP contribution >= 0.6 is 0 Å². The molecule has 18 heavy (non-hydrogen) atoms. The number of β-amino-alcohol motifs (C(OH)–C–C–N with tert-alkyl or cyclic N) is 2. The Labute approximate surface area is 104 Å². The highest BCUT2D eigenvalue weighted by molar-refractivity contribution is 5.98. The molecule has 0 unspecified atom stereocenters. The van der Waals surface area contributed by atoms with Crippen molar-refractivity contribution in [2.45, 2.75) is 12.2 Å². The molecular formula is C13H14N2O3. The van der Waals surface area contributed by atoms with Crippen LogP contribution in [0.25, 0.3) is 10.9 Å². The van der Waals surface area contributed by atoms with Crippen LogP contribution < -0.4 is 0 Å². The number of nitrogens with zero attached hydrogens (tertiary/aromatic N) is 1. The van der Waals surface area contributed by atoms with Crippen LogP contribution in [0.5, 0.6) is 0 Å². The number of aromatic nitrogens is 1. The third-order valence-corrected chi connectivity index (χ3v) is 3.35. The third-order valence-electron chi connectivity index (χ3n) is 3.35. The van der Waals surface area contributed by atoms with Crippen molar-refractivity contribution in [1.29, 1.82) is 0 Å². The van der Waals surface area contributed by atoms with Gasteiger partial charge in [-0.3, -0.25) is 4.79 Å². The van der Waals surface area contributed by atoms with E-state index in [1.54, 1.807) is 6.07 Å². The van der Waals surface area contributed by atoms with Gasteiger partial charge in [0.15, 0.2) is 0 Å². The van der Waals surface area contributed by atoms with Crippen molar-refractivity contribution in [2.75, 3.05) is 13.1 Å². The Bertz CT molecular complexity index is 583. The van der Waals surface area contributed by atoms with Crippen LogP contribution in [0.4, 0.5) is 0 Å². The number of carbonyl (C=O) groups is 1. The Morgan fingerprint density at radius 1 is 1.22 bits per heavy atom. The summed E-state index contributed by atoms with van der Waals surface area (Å²) in [7, 11) is 0. The minimum absolute atomic E-state index is 0.159. The van der Waals surface area contributed by atoms with E-state index in [0.29, 0.717) is 5.56 Å². The fraction of sp³-hybridized carbons (Fsp3) is 0.308. The van der Waals surface area contributed by atoms with Crippen molar-refractivity contribution < 1.29 is 15.0 Å². The average molecular weight is 246 g/mol. The van der Waals surface area contributed by atoms with E-state index >= 15 is 0 Å². The number of amides is 1. The number of carbonyl (C=O) groups excluding carboxylic acids is 1. The zero-order valence-electron chi connectivity index (χ0n) is 9.71. The van der Waals surface area contributed by atoms with Gasteiger partial charge < -0.3 is 20.1 Å². The van der Waals surface area contributed by atoms with E-state index in [4.69, 9.17) is 0 Å². The third kappa shape index (κ3) is 1.77. The summed E-state index contributed by atoms with van der Waals surface area (Å²) in [5.41, 5.74) is 1.55. The number of aromatic amines is 1. The number of likely N-dealkylation sites (tertiary alicyclic amines) is 1. The molecule has 1 aromatic heterocycles. The first kappa shape index (κ1) is 11.3. The highest BCUT2D eigenvalue weighted by Crippen LogP contribution is 2.18. The summed E-state index contributed by atoms with van der Waals surface area (Å²) in [4.78, 5) is 16.7. The quantitative estimate of drug-likeness (QED) is 0.679. The number of benzene rings is 1. The van der Waals surface area contributed by atoms with Gasteiger partial charge in [-0.1, -0.05) is 0 Å². The molecule has 1 aromatic carbocycles. The van der Waals surface area contributed by atoms with E-state index in [-0.39, 0.29) is 19.0 Å². The maximum atomic E-state index is 12.2. The average Bonchev–Trinajstić information content (AvgIpc) is 2.95. The number of hydrogen-bond acceptors (Lipinski definition) is 3. The molecule has 1 aliphatic heterocycles. The lowest BCUT2D eigenvalue weighted by molar-refractivity contribution is 0.0572. The van der Waals surface area contributed by atoms with Crippen molar-refractivity contribution in [2.24, 2.45) is 0 Å². The Morgan fingerprint density at radius 2 is 1.94 bits per heavy atom. The minimum atomic E-state index is -0.843. The number of rotatable bonds is 1. The van der Waals surface area contributed by atoms with E-state index in [1.807, 2.05) is 24.4 Å². The van der Waals surface area contributed by atoms with E-state index < -0.39 is 12.2 Å². The van der Waals surface area contributed by atoms with Crippen LogP contribution in [0.15, 0.2) is 30.5 Å². The fourth-order valence-corrected chi connectivity index (χ4v) is 2.30. The number of H-pyrrole nitrogens is 1. The van der Waals surface area contributed by atoms with E-state index in [0.717, 1.165) is 10.9 Å². The number of hydrogen-bond donors (Lipinski definition) is 3. The summed E-state index contributed by atoms with van der Waals surface area (Å²) in [5.74, 6) is -0.159. The highest BCUT2D eigenvalue weighted by Gasteiger charge is 2.32. The zero-order chi connectivity index (χ0) is 12.7. The highest BCUT2D eigenvalue weighted by atomic mass is 16.3. The lowest BCUT2D eigenvalue weighted by atomic mass is 10.1. The molecule has 2 heterocycles. The summed E-state index contributed by atoms with van der Waals surface area (Å²) >= 11 is 0. The second-order valence-electron chi connectivity index (χ2n) is 4.62. The van der Waals surface area contributed by atoms with Crippen molar-refractivity contribution >= 4 is 16.8 Å². The van der Waals surface area contributed by atoms with Gasteiger partial charge in [-0.05, 0) is 24.3 Å². The van der Waals surface area contributed by atoms with Gasteiger partial charge in [-0.2, -0.15) is 0 Å². The van der Waals surface area contributed by atoms with Crippen molar-refractivity contribution in [3.63, 3.8) is 0 Å². The van der Waals surface area contributed by atoms with E-state index in [2.05, 4.69) is 4.98 Å². The first-order valence-corrected chi connectivity index (χ1v) is 5.88. The molecule has 0 aliphatic carbocycles. The normalized spacial score (nSPS) is 23.8. The summed E-state index contributed by atoms with van der Waals surface area (Å²) < 4.78 is 0. The number of nitrogens with one attached hydrogen (secondary N) is 1.